The Balaban J connectivity index is 1.82. The number of para-hydroxylation sites is 1. The maximum absolute atomic E-state index is 11.8. The standard InChI is InChI=1S/C21H22N8O2/c1-28(2)19-18(23-12-13-8-5-4-6-9-13)25-20(27-26-19)29-15-11-7-10-14(17(22)30)16(15)24-21(29)31-3/h4-11H,12H2,1-3H3,(H2,22,30)(H,23,25,27). The van der Waals surface area contributed by atoms with Crippen LogP contribution in [0.1, 0.15) is 15.9 Å². The van der Waals surface area contributed by atoms with Crippen LogP contribution in [0.2, 0.25) is 0 Å². The number of anilines is 2. The number of benzene rings is 2. The highest BCUT2D eigenvalue weighted by Crippen LogP contribution is 2.28. The Morgan fingerprint density at radius 3 is 2.55 bits per heavy atom. The summed E-state index contributed by atoms with van der Waals surface area (Å²) in [7, 11) is 5.22. The predicted molar refractivity (Wildman–Crippen MR) is 118 cm³/mol. The summed E-state index contributed by atoms with van der Waals surface area (Å²) in [5, 5.41) is 11.9. The van der Waals surface area contributed by atoms with Gasteiger partial charge in [-0.25, -0.2) is 4.57 Å². The summed E-state index contributed by atoms with van der Waals surface area (Å²) in [6.07, 6.45) is 0. The number of imidazole rings is 1. The zero-order valence-corrected chi connectivity index (χ0v) is 17.4. The molecule has 4 aromatic rings. The average Bonchev–Trinajstić information content (AvgIpc) is 3.16. The van der Waals surface area contributed by atoms with Crippen molar-refractivity contribution in [2.24, 2.45) is 5.73 Å². The van der Waals surface area contributed by atoms with Gasteiger partial charge in [-0.1, -0.05) is 36.4 Å². The molecule has 2 aromatic carbocycles. The Labute approximate surface area is 178 Å². The number of amides is 1. The zero-order valence-electron chi connectivity index (χ0n) is 17.4. The Morgan fingerprint density at radius 1 is 1.10 bits per heavy atom. The van der Waals surface area contributed by atoms with Gasteiger partial charge in [0.05, 0.1) is 18.2 Å². The van der Waals surface area contributed by atoms with E-state index in [1.807, 2.05) is 49.3 Å². The lowest BCUT2D eigenvalue weighted by molar-refractivity contribution is 0.100. The highest BCUT2D eigenvalue weighted by Gasteiger charge is 2.21. The number of hydrogen-bond donors (Lipinski definition) is 2. The van der Waals surface area contributed by atoms with Gasteiger partial charge in [0.1, 0.15) is 5.52 Å². The topological polar surface area (TPSA) is 124 Å². The molecule has 0 radical (unpaired) electrons. The van der Waals surface area contributed by atoms with Crippen LogP contribution in [0.15, 0.2) is 48.5 Å². The van der Waals surface area contributed by atoms with Gasteiger partial charge < -0.3 is 20.7 Å². The van der Waals surface area contributed by atoms with Gasteiger partial charge in [0.25, 0.3) is 11.9 Å². The van der Waals surface area contributed by atoms with Crippen LogP contribution in [-0.4, -0.2) is 51.8 Å². The maximum atomic E-state index is 11.8. The predicted octanol–water partition coefficient (Wildman–Crippen LogP) is 2.00. The van der Waals surface area contributed by atoms with E-state index in [0.717, 1.165) is 5.56 Å². The van der Waals surface area contributed by atoms with E-state index in [1.54, 1.807) is 22.8 Å². The minimum Gasteiger partial charge on any atom is -0.468 e. The molecule has 2 heterocycles. The fraction of sp³-hybridized carbons (Fsp3) is 0.190. The van der Waals surface area contributed by atoms with Gasteiger partial charge in [-0.15, -0.1) is 10.2 Å². The van der Waals surface area contributed by atoms with Crippen molar-refractivity contribution >= 4 is 28.6 Å². The Bertz CT molecular complexity index is 1240. The monoisotopic (exact) mass is 418 g/mol. The van der Waals surface area contributed by atoms with E-state index in [-0.39, 0.29) is 17.5 Å². The molecule has 1 amide bonds. The number of carbonyl (C=O) groups excluding carboxylic acids is 1. The number of primary amides is 1. The number of ether oxygens (including phenoxy) is 1. The summed E-state index contributed by atoms with van der Waals surface area (Å²) in [5.74, 6) is 0.807. The second-order valence-corrected chi connectivity index (χ2v) is 6.99. The first-order valence-corrected chi connectivity index (χ1v) is 9.55. The quantitative estimate of drug-likeness (QED) is 0.467. The molecule has 0 saturated carbocycles. The summed E-state index contributed by atoms with van der Waals surface area (Å²) < 4.78 is 7.03. The van der Waals surface area contributed by atoms with Crippen molar-refractivity contribution in [3.05, 3.63) is 59.7 Å². The van der Waals surface area contributed by atoms with E-state index in [2.05, 4.69) is 25.5 Å². The smallest absolute Gasteiger partial charge is 0.304 e. The van der Waals surface area contributed by atoms with Crippen LogP contribution in [0.5, 0.6) is 6.01 Å². The van der Waals surface area contributed by atoms with Crippen molar-refractivity contribution in [3.63, 3.8) is 0 Å². The molecule has 3 N–H and O–H groups in total. The van der Waals surface area contributed by atoms with E-state index < -0.39 is 5.91 Å². The SMILES string of the molecule is COc1nc2c(C(N)=O)cccc2n1-c1nnc(N(C)C)c(NCc2ccccc2)n1. The highest BCUT2D eigenvalue weighted by molar-refractivity contribution is 6.04. The number of nitrogens with zero attached hydrogens (tertiary/aromatic N) is 6. The normalized spacial score (nSPS) is 10.8. The van der Waals surface area contributed by atoms with Gasteiger partial charge in [-0.3, -0.25) is 4.79 Å². The number of fused-ring (bicyclic) bond motifs is 1. The fourth-order valence-electron chi connectivity index (χ4n) is 3.21. The second kappa shape index (κ2) is 8.27. The number of carbonyl (C=O) groups is 1. The zero-order chi connectivity index (χ0) is 22.0. The molecule has 4 rings (SSSR count). The third-order valence-electron chi connectivity index (χ3n) is 4.69. The summed E-state index contributed by atoms with van der Waals surface area (Å²) in [6, 6.07) is 15.3. The third kappa shape index (κ3) is 3.82. The highest BCUT2D eigenvalue weighted by atomic mass is 16.5. The van der Waals surface area contributed by atoms with Crippen LogP contribution in [0, 0.1) is 0 Å². The lowest BCUT2D eigenvalue weighted by Gasteiger charge is -2.17. The molecule has 0 saturated heterocycles. The van der Waals surface area contributed by atoms with Gasteiger partial charge in [0.2, 0.25) is 0 Å². The molecule has 0 aliphatic carbocycles. The molecule has 0 aliphatic heterocycles. The van der Waals surface area contributed by atoms with Crippen LogP contribution in [0.4, 0.5) is 11.6 Å². The third-order valence-corrected chi connectivity index (χ3v) is 4.69. The largest absolute Gasteiger partial charge is 0.468 e. The molecular weight excluding hydrogens is 396 g/mol. The molecule has 10 nitrogen and oxygen atoms in total. The first kappa shape index (κ1) is 20.1. The molecule has 0 spiro atoms. The van der Waals surface area contributed by atoms with Crippen LogP contribution in [0.25, 0.3) is 17.0 Å². The van der Waals surface area contributed by atoms with Crippen molar-refractivity contribution in [1.29, 1.82) is 0 Å². The van der Waals surface area contributed by atoms with Crippen molar-refractivity contribution in [2.75, 3.05) is 31.4 Å². The molecule has 0 fully saturated rings. The molecule has 31 heavy (non-hydrogen) atoms. The molecular formula is C21H22N8O2. The molecule has 0 unspecified atom stereocenters. The summed E-state index contributed by atoms with van der Waals surface area (Å²) >= 11 is 0. The maximum Gasteiger partial charge on any atom is 0.304 e. The summed E-state index contributed by atoms with van der Waals surface area (Å²) in [5.41, 5.74) is 7.88. The molecule has 2 aromatic heterocycles. The van der Waals surface area contributed by atoms with Crippen LogP contribution in [-0.2, 0) is 6.54 Å². The van der Waals surface area contributed by atoms with Gasteiger partial charge in [0.15, 0.2) is 11.6 Å². The Kier molecular flexibility index (Phi) is 5.35. The molecule has 0 bridgehead atoms. The number of methoxy groups -OCH3 is 1. The summed E-state index contributed by atoms with van der Waals surface area (Å²) in [6.45, 7) is 0.563. The van der Waals surface area contributed by atoms with Crippen molar-refractivity contribution in [2.45, 2.75) is 6.54 Å². The van der Waals surface area contributed by atoms with Crippen LogP contribution < -0.4 is 20.7 Å². The van der Waals surface area contributed by atoms with Crippen LogP contribution >= 0.6 is 0 Å². The second-order valence-electron chi connectivity index (χ2n) is 6.99. The van der Waals surface area contributed by atoms with Gasteiger partial charge in [-0.05, 0) is 17.7 Å². The van der Waals surface area contributed by atoms with Crippen molar-refractivity contribution < 1.29 is 9.53 Å². The number of rotatable bonds is 7. The fourth-order valence-corrected chi connectivity index (χ4v) is 3.21. The van der Waals surface area contributed by atoms with Gasteiger partial charge in [-0.2, -0.15) is 9.97 Å². The first-order valence-electron chi connectivity index (χ1n) is 9.55. The van der Waals surface area contributed by atoms with Gasteiger partial charge >= 0.3 is 6.01 Å². The van der Waals surface area contributed by atoms with Crippen LogP contribution in [0.3, 0.4) is 0 Å². The first-order chi connectivity index (χ1) is 15.0. The van der Waals surface area contributed by atoms with Crippen molar-refractivity contribution in [1.82, 2.24) is 24.7 Å². The molecule has 10 heteroatoms. The minimum atomic E-state index is -0.579. The molecule has 158 valence electrons. The van der Waals surface area contributed by atoms with E-state index in [1.165, 1.54) is 7.11 Å². The lowest BCUT2D eigenvalue weighted by Crippen LogP contribution is -2.18. The van der Waals surface area contributed by atoms with E-state index in [0.29, 0.717) is 29.2 Å². The minimum absolute atomic E-state index is 0.220. The number of nitrogens with one attached hydrogen (secondary N) is 1. The van der Waals surface area contributed by atoms with E-state index in [4.69, 9.17) is 10.5 Å². The number of hydrogen-bond acceptors (Lipinski definition) is 8. The Morgan fingerprint density at radius 2 is 1.87 bits per heavy atom. The van der Waals surface area contributed by atoms with Crippen molar-refractivity contribution in [3.8, 4) is 12.0 Å². The lowest BCUT2D eigenvalue weighted by atomic mass is 10.2. The summed E-state index contributed by atoms with van der Waals surface area (Å²) in [4.78, 5) is 22.7. The van der Waals surface area contributed by atoms with E-state index in [9.17, 15) is 4.79 Å². The van der Waals surface area contributed by atoms with Gasteiger partial charge in [0, 0.05) is 20.6 Å². The molecule has 0 aliphatic rings. The molecule has 0 atom stereocenters. The number of aromatic nitrogens is 5. The Hall–Kier alpha value is -4.21. The van der Waals surface area contributed by atoms with E-state index >= 15 is 0 Å². The average molecular weight is 418 g/mol. The number of nitrogens with two attached hydrogens (primary N) is 1.